The lowest BCUT2D eigenvalue weighted by atomic mass is 10.1. The first kappa shape index (κ1) is 19.1. The van der Waals surface area contributed by atoms with Crippen molar-refractivity contribution in [1.82, 2.24) is 0 Å². The van der Waals surface area contributed by atoms with E-state index in [1.165, 1.54) is 17.4 Å². The lowest BCUT2D eigenvalue weighted by molar-refractivity contribution is -0.142. The van der Waals surface area contributed by atoms with Gasteiger partial charge >= 0.3 is 5.97 Å². The fraction of sp³-hybridized carbons (Fsp3) is 0.211. The van der Waals surface area contributed by atoms with Crippen molar-refractivity contribution in [2.45, 2.75) is 19.3 Å². The number of nitrogens with two attached hydrogens (primary N) is 1. The molecule has 3 N–H and O–H groups in total. The number of primary amides is 1. The molecule has 2 amide bonds. The number of ether oxygens (including phenoxy) is 1. The first-order valence-corrected chi connectivity index (χ1v) is 9.48. The molecule has 27 heavy (non-hydrogen) atoms. The number of carbonyl (C=O) groups is 3. The van der Waals surface area contributed by atoms with Crippen LogP contribution in [0, 0.1) is 0 Å². The van der Waals surface area contributed by atoms with Gasteiger partial charge in [0, 0.05) is 16.0 Å². The summed E-state index contributed by atoms with van der Waals surface area (Å²) >= 11 is 7.22. The van der Waals surface area contributed by atoms with Crippen LogP contribution in [0.3, 0.4) is 0 Å². The fourth-order valence-electron chi connectivity index (χ4n) is 2.88. The number of aryl methyl sites for hydroxylation is 1. The second kappa shape index (κ2) is 8.37. The number of hydrogen-bond acceptors (Lipinski definition) is 5. The van der Waals surface area contributed by atoms with Crippen molar-refractivity contribution >= 4 is 51.8 Å². The second-order valence-electron chi connectivity index (χ2n) is 5.97. The monoisotopic (exact) mass is 404 g/mol. The maximum absolute atomic E-state index is 12.1. The Morgan fingerprint density at radius 1 is 1.30 bits per heavy atom. The van der Waals surface area contributed by atoms with E-state index in [0.717, 1.165) is 35.3 Å². The summed E-state index contributed by atoms with van der Waals surface area (Å²) in [6.07, 6.45) is 5.39. The van der Waals surface area contributed by atoms with Crippen LogP contribution in [0.4, 0.5) is 5.00 Å². The summed E-state index contributed by atoms with van der Waals surface area (Å²) in [5, 5.41) is 3.59. The normalized spacial score (nSPS) is 12.8. The number of thiophene rings is 1. The SMILES string of the molecule is NC(=O)c1c(NC(=O)COC(=O)/C=C/c2cccc(Cl)c2)sc2c1CCC2. The summed E-state index contributed by atoms with van der Waals surface area (Å²) in [4.78, 5) is 36.6. The van der Waals surface area contributed by atoms with E-state index in [9.17, 15) is 14.4 Å². The molecule has 0 radical (unpaired) electrons. The molecule has 0 bridgehead atoms. The summed E-state index contributed by atoms with van der Waals surface area (Å²) in [6.45, 7) is -0.459. The summed E-state index contributed by atoms with van der Waals surface area (Å²) in [5.41, 5.74) is 7.48. The fourth-order valence-corrected chi connectivity index (χ4v) is 4.38. The molecule has 1 aliphatic rings. The Hall–Kier alpha value is -2.64. The maximum atomic E-state index is 12.1. The standard InChI is InChI=1S/C19H17ClN2O4S/c20-12-4-1-3-11(9-12)7-8-16(24)26-10-15(23)22-19-17(18(21)25)13-5-2-6-14(13)27-19/h1,3-4,7-9H,2,5-6,10H2,(H2,21,25)(H,22,23)/b8-7+. The minimum Gasteiger partial charge on any atom is -0.452 e. The lowest BCUT2D eigenvalue weighted by Crippen LogP contribution is -2.22. The number of rotatable bonds is 6. The number of fused-ring (bicyclic) bond motifs is 1. The van der Waals surface area contributed by atoms with Crippen molar-refractivity contribution < 1.29 is 19.1 Å². The van der Waals surface area contributed by atoms with Gasteiger partial charge in [-0.3, -0.25) is 9.59 Å². The third-order valence-electron chi connectivity index (χ3n) is 4.03. The first-order chi connectivity index (χ1) is 12.9. The van der Waals surface area contributed by atoms with Gasteiger partial charge in [0.25, 0.3) is 11.8 Å². The molecule has 0 fully saturated rings. The van der Waals surface area contributed by atoms with E-state index in [0.29, 0.717) is 15.6 Å². The molecule has 1 aromatic heterocycles. The van der Waals surface area contributed by atoms with Gasteiger partial charge in [-0.25, -0.2) is 4.79 Å². The van der Waals surface area contributed by atoms with Gasteiger partial charge < -0.3 is 15.8 Å². The van der Waals surface area contributed by atoms with E-state index in [4.69, 9.17) is 22.1 Å². The molecule has 0 saturated carbocycles. The molecule has 0 saturated heterocycles. The largest absolute Gasteiger partial charge is 0.452 e. The molecule has 0 atom stereocenters. The van der Waals surface area contributed by atoms with Gasteiger partial charge in [-0.15, -0.1) is 11.3 Å². The average molecular weight is 405 g/mol. The van der Waals surface area contributed by atoms with E-state index in [1.807, 2.05) is 0 Å². The molecule has 0 unspecified atom stereocenters. The smallest absolute Gasteiger partial charge is 0.331 e. The van der Waals surface area contributed by atoms with Crippen LogP contribution in [0.25, 0.3) is 6.08 Å². The van der Waals surface area contributed by atoms with E-state index in [1.54, 1.807) is 30.3 Å². The zero-order chi connectivity index (χ0) is 19.4. The number of halogens is 1. The highest BCUT2D eigenvalue weighted by Gasteiger charge is 2.26. The zero-order valence-electron chi connectivity index (χ0n) is 14.3. The lowest BCUT2D eigenvalue weighted by Gasteiger charge is -2.06. The van der Waals surface area contributed by atoms with Crippen LogP contribution < -0.4 is 11.1 Å². The minimum absolute atomic E-state index is 0.369. The number of carbonyl (C=O) groups excluding carboxylic acids is 3. The van der Waals surface area contributed by atoms with Crippen molar-refractivity contribution in [2.24, 2.45) is 5.73 Å². The van der Waals surface area contributed by atoms with E-state index >= 15 is 0 Å². The summed E-state index contributed by atoms with van der Waals surface area (Å²) in [6, 6.07) is 6.96. The maximum Gasteiger partial charge on any atom is 0.331 e. The van der Waals surface area contributed by atoms with Crippen LogP contribution in [-0.4, -0.2) is 24.4 Å². The molecule has 0 spiro atoms. The van der Waals surface area contributed by atoms with Crippen molar-refractivity contribution in [3.8, 4) is 0 Å². The van der Waals surface area contributed by atoms with Crippen molar-refractivity contribution in [3.63, 3.8) is 0 Å². The van der Waals surface area contributed by atoms with Crippen LogP contribution in [0.1, 0.15) is 32.8 Å². The third kappa shape index (κ3) is 4.75. The molecule has 140 valence electrons. The highest BCUT2D eigenvalue weighted by Crippen LogP contribution is 2.38. The Morgan fingerprint density at radius 3 is 2.85 bits per heavy atom. The Labute approximate surface area is 165 Å². The molecule has 2 aromatic rings. The van der Waals surface area contributed by atoms with Crippen molar-refractivity contribution in [1.29, 1.82) is 0 Å². The van der Waals surface area contributed by atoms with E-state index in [-0.39, 0.29) is 0 Å². The molecule has 1 heterocycles. The summed E-state index contributed by atoms with van der Waals surface area (Å²) in [7, 11) is 0. The average Bonchev–Trinajstić information content (AvgIpc) is 3.18. The number of hydrogen-bond donors (Lipinski definition) is 2. The van der Waals surface area contributed by atoms with Crippen molar-refractivity contribution in [3.05, 3.63) is 56.9 Å². The van der Waals surface area contributed by atoms with Gasteiger partial charge in [0.1, 0.15) is 5.00 Å². The highest BCUT2D eigenvalue weighted by molar-refractivity contribution is 7.17. The Morgan fingerprint density at radius 2 is 2.11 bits per heavy atom. The van der Waals surface area contributed by atoms with Crippen LogP contribution in [0.15, 0.2) is 30.3 Å². The zero-order valence-corrected chi connectivity index (χ0v) is 15.9. The van der Waals surface area contributed by atoms with Crippen LogP contribution in [0.2, 0.25) is 5.02 Å². The number of esters is 1. The van der Waals surface area contributed by atoms with Crippen LogP contribution >= 0.6 is 22.9 Å². The predicted molar refractivity (Wildman–Crippen MR) is 105 cm³/mol. The van der Waals surface area contributed by atoms with Gasteiger partial charge in [0.2, 0.25) is 0 Å². The Bertz CT molecular complexity index is 936. The van der Waals surface area contributed by atoms with Gasteiger partial charge in [-0.2, -0.15) is 0 Å². The van der Waals surface area contributed by atoms with Gasteiger partial charge in [0.15, 0.2) is 6.61 Å². The molecule has 0 aliphatic heterocycles. The predicted octanol–water partition coefficient (Wildman–Crippen LogP) is 3.18. The van der Waals surface area contributed by atoms with Gasteiger partial charge in [-0.05, 0) is 48.6 Å². The number of anilines is 1. The van der Waals surface area contributed by atoms with Crippen LogP contribution in [0.5, 0.6) is 0 Å². The highest BCUT2D eigenvalue weighted by atomic mass is 35.5. The van der Waals surface area contributed by atoms with E-state index < -0.39 is 24.4 Å². The number of amides is 2. The third-order valence-corrected chi connectivity index (χ3v) is 5.47. The number of nitrogens with one attached hydrogen (secondary N) is 1. The Balaban J connectivity index is 1.56. The van der Waals surface area contributed by atoms with E-state index in [2.05, 4.69) is 5.32 Å². The molecular weight excluding hydrogens is 388 g/mol. The molecule has 6 nitrogen and oxygen atoms in total. The molecular formula is C19H17ClN2O4S. The topological polar surface area (TPSA) is 98.5 Å². The molecule has 1 aromatic carbocycles. The summed E-state index contributed by atoms with van der Waals surface area (Å²) in [5.74, 6) is -1.75. The quantitative estimate of drug-likeness (QED) is 0.570. The molecule has 3 rings (SSSR count). The summed E-state index contributed by atoms with van der Waals surface area (Å²) < 4.78 is 4.92. The number of benzene rings is 1. The minimum atomic E-state index is -0.658. The van der Waals surface area contributed by atoms with Crippen LogP contribution in [-0.2, 0) is 27.2 Å². The second-order valence-corrected chi connectivity index (χ2v) is 7.51. The molecule has 1 aliphatic carbocycles. The van der Waals surface area contributed by atoms with Gasteiger partial charge in [0.05, 0.1) is 5.56 Å². The van der Waals surface area contributed by atoms with Gasteiger partial charge in [-0.1, -0.05) is 23.7 Å². The first-order valence-electron chi connectivity index (χ1n) is 8.28. The van der Waals surface area contributed by atoms with Crippen molar-refractivity contribution in [2.75, 3.05) is 11.9 Å². The Kier molecular flexibility index (Phi) is 5.93. The molecule has 8 heteroatoms.